The van der Waals surface area contributed by atoms with Crippen LogP contribution in [0.4, 0.5) is 0 Å². The van der Waals surface area contributed by atoms with Crippen LogP contribution in [0.3, 0.4) is 0 Å². The van der Waals surface area contributed by atoms with Gasteiger partial charge in [0, 0.05) is 0 Å². The molecular weight excluding hydrogens is 300 g/mol. The molecule has 3 nitrogen and oxygen atoms in total. The van der Waals surface area contributed by atoms with Gasteiger partial charge in [-0.25, -0.2) is 0 Å². The Morgan fingerprint density at radius 1 is 1.21 bits per heavy atom. The van der Waals surface area contributed by atoms with Gasteiger partial charge < -0.3 is 9.47 Å². The predicted molar refractivity (Wildman–Crippen MR) is 97.8 cm³/mol. The van der Waals surface area contributed by atoms with Crippen molar-refractivity contribution >= 4 is 16.7 Å². The number of fused-ring (bicyclic) bond motifs is 1. The fraction of sp³-hybridized carbons (Fsp3) is 0.381. The third-order valence-electron chi connectivity index (χ3n) is 4.17. The molecule has 0 spiro atoms. The maximum atomic E-state index is 11.9. The summed E-state index contributed by atoms with van der Waals surface area (Å²) in [6.45, 7) is 8.33. The molecule has 0 aliphatic rings. The van der Waals surface area contributed by atoms with E-state index in [1.807, 2.05) is 19.1 Å². The van der Waals surface area contributed by atoms with Crippen molar-refractivity contribution in [3.05, 3.63) is 60.7 Å². The van der Waals surface area contributed by atoms with Crippen LogP contribution in [0.1, 0.15) is 32.3 Å². The molecule has 2 atom stereocenters. The fourth-order valence-electron chi connectivity index (χ4n) is 2.75. The first-order valence-corrected chi connectivity index (χ1v) is 8.51. The predicted octanol–water partition coefficient (Wildman–Crippen LogP) is 4.89. The van der Waals surface area contributed by atoms with Gasteiger partial charge in [-0.1, -0.05) is 69.0 Å². The first kappa shape index (κ1) is 18.2. The topological polar surface area (TPSA) is 35.5 Å². The quantitative estimate of drug-likeness (QED) is 0.486. The van der Waals surface area contributed by atoms with Crippen molar-refractivity contribution in [2.24, 2.45) is 5.92 Å². The highest BCUT2D eigenvalue weighted by atomic mass is 16.5. The molecule has 0 radical (unpaired) electrons. The average molecular weight is 326 g/mol. The molecule has 0 N–H and O–H groups in total. The van der Waals surface area contributed by atoms with Crippen LogP contribution in [0.5, 0.6) is 0 Å². The zero-order chi connectivity index (χ0) is 17.4. The summed E-state index contributed by atoms with van der Waals surface area (Å²) < 4.78 is 11.2. The van der Waals surface area contributed by atoms with Gasteiger partial charge in [-0.05, 0) is 29.2 Å². The molecule has 0 saturated heterocycles. The fourth-order valence-corrected chi connectivity index (χ4v) is 2.75. The summed E-state index contributed by atoms with van der Waals surface area (Å²) in [5.41, 5.74) is 1.17. The third-order valence-corrected chi connectivity index (χ3v) is 4.17. The van der Waals surface area contributed by atoms with Gasteiger partial charge in [0.15, 0.2) is 0 Å². The van der Waals surface area contributed by atoms with Crippen LogP contribution < -0.4 is 0 Å². The Morgan fingerprint density at radius 3 is 2.71 bits per heavy atom. The van der Waals surface area contributed by atoms with E-state index in [9.17, 15) is 4.79 Å². The lowest BCUT2D eigenvalue weighted by atomic mass is 10.0. The number of rotatable bonds is 9. The minimum absolute atomic E-state index is 0.0373. The van der Waals surface area contributed by atoms with E-state index in [0.717, 1.165) is 6.42 Å². The number of ether oxygens (including phenoxy) is 2. The second-order valence-electron chi connectivity index (χ2n) is 6.03. The lowest BCUT2D eigenvalue weighted by Crippen LogP contribution is -2.22. The minimum Gasteiger partial charge on any atom is -0.461 e. The molecule has 0 amide bonds. The van der Waals surface area contributed by atoms with E-state index >= 15 is 0 Å². The van der Waals surface area contributed by atoms with Crippen molar-refractivity contribution in [2.45, 2.75) is 39.4 Å². The van der Waals surface area contributed by atoms with E-state index in [1.165, 1.54) is 16.3 Å². The van der Waals surface area contributed by atoms with E-state index in [2.05, 4.69) is 43.8 Å². The smallest absolute Gasteiger partial charge is 0.309 e. The molecule has 2 aromatic carbocycles. The molecule has 128 valence electrons. The van der Waals surface area contributed by atoms with Gasteiger partial charge in [0.25, 0.3) is 0 Å². The highest BCUT2D eigenvalue weighted by Crippen LogP contribution is 2.21. The Morgan fingerprint density at radius 2 is 1.96 bits per heavy atom. The minimum atomic E-state index is -0.192. The largest absolute Gasteiger partial charge is 0.461 e. The van der Waals surface area contributed by atoms with Gasteiger partial charge in [-0.3, -0.25) is 4.79 Å². The monoisotopic (exact) mass is 326 g/mol. The molecule has 0 unspecified atom stereocenters. The first-order valence-electron chi connectivity index (χ1n) is 8.51. The summed E-state index contributed by atoms with van der Waals surface area (Å²) >= 11 is 0. The van der Waals surface area contributed by atoms with Crippen molar-refractivity contribution in [3.63, 3.8) is 0 Å². The maximum absolute atomic E-state index is 11.9. The Bertz CT molecular complexity index is 672. The highest BCUT2D eigenvalue weighted by molar-refractivity contribution is 5.85. The number of carbonyl (C=O) groups excluding carboxylic acids is 1. The second-order valence-corrected chi connectivity index (χ2v) is 6.03. The number of benzene rings is 2. The van der Waals surface area contributed by atoms with Crippen LogP contribution >= 0.6 is 0 Å². The van der Waals surface area contributed by atoms with E-state index in [1.54, 1.807) is 6.08 Å². The molecule has 0 aliphatic carbocycles. The molecule has 0 fully saturated rings. The van der Waals surface area contributed by atoms with E-state index < -0.39 is 0 Å². The molecule has 0 bridgehead atoms. The van der Waals surface area contributed by atoms with Crippen LogP contribution in [-0.4, -0.2) is 18.7 Å². The highest BCUT2D eigenvalue weighted by Gasteiger charge is 2.19. The van der Waals surface area contributed by atoms with Crippen molar-refractivity contribution in [2.75, 3.05) is 6.61 Å². The molecule has 0 aliphatic heterocycles. The van der Waals surface area contributed by atoms with Gasteiger partial charge in [-0.2, -0.15) is 0 Å². The van der Waals surface area contributed by atoms with Gasteiger partial charge in [-0.15, -0.1) is 0 Å². The molecule has 2 aromatic rings. The van der Waals surface area contributed by atoms with Gasteiger partial charge in [0.2, 0.25) is 0 Å². The van der Waals surface area contributed by atoms with Crippen molar-refractivity contribution < 1.29 is 14.3 Å². The summed E-state index contributed by atoms with van der Waals surface area (Å²) in [6, 6.07) is 14.6. The number of esters is 1. The number of carbonyl (C=O) groups is 1. The Labute approximate surface area is 144 Å². The second kappa shape index (κ2) is 9.24. The summed E-state index contributed by atoms with van der Waals surface area (Å²) in [5, 5.41) is 2.43. The standard InChI is InChI=1S/C21H26O3/c1-4-13-23-21(22)16(3)14-19(5-2)24-15-18-11-8-10-17-9-6-7-12-20(17)18/h4,6-12,16,19H,1,5,13-15H2,2-3H3/t16-,19-/m0/s1. The van der Waals surface area contributed by atoms with Gasteiger partial charge in [0.1, 0.15) is 6.61 Å². The van der Waals surface area contributed by atoms with Crippen molar-refractivity contribution in [1.82, 2.24) is 0 Å². The zero-order valence-corrected chi connectivity index (χ0v) is 14.5. The molecule has 24 heavy (non-hydrogen) atoms. The lowest BCUT2D eigenvalue weighted by molar-refractivity contribution is -0.148. The Kier molecular flexibility index (Phi) is 7.01. The van der Waals surface area contributed by atoms with Crippen LogP contribution in [0.25, 0.3) is 10.8 Å². The summed E-state index contributed by atoms with van der Waals surface area (Å²) in [5.74, 6) is -0.371. The molecule has 3 heteroatoms. The molecule has 0 aromatic heterocycles. The SMILES string of the molecule is C=CCOC(=O)[C@@H](C)C[C@H](CC)OCc1cccc2ccccc12. The molecule has 0 heterocycles. The Hall–Kier alpha value is -2.13. The summed E-state index contributed by atoms with van der Waals surface area (Å²) in [7, 11) is 0. The first-order chi connectivity index (χ1) is 11.7. The summed E-state index contributed by atoms with van der Waals surface area (Å²) in [6.07, 6.45) is 3.15. The van der Waals surface area contributed by atoms with Crippen LogP contribution in [0.2, 0.25) is 0 Å². The van der Waals surface area contributed by atoms with E-state index in [4.69, 9.17) is 9.47 Å². The van der Waals surface area contributed by atoms with E-state index in [-0.39, 0.29) is 24.6 Å². The van der Waals surface area contributed by atoms with Gasteiger partial charge >= 0.3 is 5.97 Å². The van der Waals surface area contributed by atoms with Crippen LogP contribution in [0, 0.1) is 5.92 Å². The maximum Gasteiger partial charge on any atom is 0.309 e. The molecular formula is C21H26O3. The zero-order valence-electron chi connectivity index (χ0n) is 14.5. The van der Waals surface area contributed by atoms with Crippen LogP contribution in [-0.2, 0) is 20.9 Å². The van der Waals surface area contributed by atoms with E-state index in [0.29, 0.717) is 13.0 Å². The molecule has 0 saturated carbocycles. The van der Waals surface area contributed by atoms with Crippen molar-refractivity contribution in [1.29, 1.82) is 0 Å². The van der Waals surface area contributed by atoms with Gasteiger partial charge in [0.05, 0.1) is 18.6 Å². The average Bonchev–Trinajstić information content (AvgIpc) is 2.62. The third kappa shape index (κ3) is 4.93. The number of hydrogen-bond acceptors (Lipinski definition) is 3. The normalized spacial score (nSPS) is 13.4. The lowest BCUT2D eigenvalue weighted by Gasteiger charge is -2.20. The van der Waals surface area contributed by atoms with Crippen molar-refractivity contribution in [3.8, 4) is 0 Å². The number of hydrogen-bond donors (Lipinski definition) is 0. The Balaban J connectivity index is 1.95. The summed E-state index contributed by atoms with van der Waals surface area (Å²) in [4.78, 5) is 11.9. The molecule has 2 rings (SSSR count). The van der Waals surface area contributed by atoms with Crippen LogP contribution in [0.15, 0.2) is 55.1 Å².